The van der Waals surface area contributed by atoms with Crippen molar-refractivity contribution in [2.45, 2.75) is 4.90 Å². The predicted octanol–water partition coefficient (Wildman–Crippen LogP) is 2.34. The molecule has 5 nitrogen and oxygen atoms in total. The number of anilines is 1. The van der Waals surface area contributed by atoms with Gasteiger partial charge >= 0.3 is 0 Å². The van der Waals surface area contributed by atoms with E-state index in [-0.39, 0.29) is 0 Å². The van der Waals surface area contributed by atoms with E-state index >= 15 is 0 Å². The van der Waals surface area contributed by atoms with Crippen molar-refractivity contribution in [3.63, 3.8) is 0 Å². The molecule has 0 saturated heterocycles. The fourth-order valence-electron chi connectivity index (χ4n) is 1.67. The Kier molecular flexibility index (Phi) is 4.66. The summed E-state index contributed by atoms with van der Waals surface area (Å²) in [5, 5.41) is 7.97. The van der Waals surface area contributed by atoms with Gasteiger partial charge in [-0.2, -0.15) is 5.10 Å². The molecular formula is C13H9F4N3O2S. The first-order chi connectivity index (χ1) is 10.7. The quantitative estimate of drug-likeness (QED) is 0.385. The van der Waals surface area contributed by atoms with Crippen LogP contribution in [0.1, 0.15) is 5.56 Å². The van der Waals surface area contributed by atoms with E-state index in [2.05, 4.69) is 10.2 Å². The van der Waals surface area contributed by atoms with Crippen LogP contribution in [0.5, 0.6) is 0 Å². The minimum absolute atomic E-state index is 0.544. The Hall–Kier alpha value is -2.46. The van der Waals surface area contributed by atoms with Gasteiger partial charge in [-0.25, -0.2) is 31.1 Å². The number of hydrogen-bond donors (Lipinski definition) is 2. The highest BCUT2D eigenvalue weighted by atomic mass is 32.2. The van der Waals surface area contributed by atoms with E-state index in [1.807, 2.05) is 0 Å². The lowest BCUT2D eigenvalue weighted by Gasteiger charge is -2.09. The largest absolute Gasteiger partial charge is 0.272 e. The smallest absolute Gasteiger partial charge is 0.244 e. The molecule has 2 aromatic rings. The number of rotatable bonds is 4. The summed E-state index contributed by atoms with van der Waals surface area (Å²) in [5.74, 6) is -8.19. The normalized spacial score (nSPS) is 11.9. The summed E-state index contributed by atoms with van der Waals surface area (Å²) >= 11 is 0. The van der Waals surface area contributed by atoms with Crippen molar-refractivity contribution in [2.24, 2.45) is 10.2 Å². The average molecular weight is 347 g/mol. The highest BCUT2D eigenvalue weighted by molar-refractivity contribution is 7.89. The maximum atomic E-state index is 13.7. The Morgan fingerprint density at radius 3 is 1.96 bits per heavy atom. The Labute approximate surface area is 128 Å². The third-order valence-electron chi connectivity index (χ3n) is 2.70. The van der Waals surface area contributed by atoms with Gasteiger partial charge in [0.15, 0.2) is 28.2 Å². The van der Waals surface area contributed by atoms with Gasteiger partial charge < -0.3 is 0 Å². The van der Waals surface area contributed by atoms with Crippen LogP contribution < -0.4 is 10.6 Å². The minimum atomic E-state index is -4.99. The van der Waals surface area contributed by atoms with Gasteiger partial charge in [0.2, 0.25) is 10.0 Å². The molecule has 0 spiro atoms. The lowest BCUT2D eigenvalue weighted by Crippen LogP contribution is -2.19. The highest BCUT2D eigenvalue weighted by Crippen LogP contribution is 2.30. The van der Waals surface area contributed by atoms with Crippen molar-refractivity contribution >= 4 is 21.9 Å². The van der Waals surface area contributed by atoms with Gasteiger partial charge in [0.1, 0.15) is 5.69 Å². The van der Waals surface area contributed by atoms with Crippen LogP contribution in [0.4, 0.5) is 23.2 Å². The molecule has 0 heterocycles. The third-order valence-corrected chi connectivity index (χ3v) is 3.62. The van der Waals surface area contributed by atoms with Crippen LogP contribution in [0.25, 0.3) is 0 Å². The number of sulfonamides is 1. The summed E-state index contributed by atoms with van der Waals surface area (Å²) in [6.45, 7) is 0. The standard InChI is InChI=1S/C13H9F4N3O2S/c14-8-10(16)13(23(18,21)22)11(17)9(15)12(8)20-19-6-7-4-2-1-3-5-7/h1-6,20H,(H2,18,21,22)/b19-6+. The molecule has 122 valence electrons. The fraction of sp³-hybridized carbons (Fsp3) is 0. The molecule has 0 atom stereocenters. The summed E-state index contributed by atoms with van der Waals surface area (Å²) in [5.41, 5.74) is 1.06. The molecule has 10 heteroatoms. The Morgan fingerprint density at radius 2 is 1.48 bits per heavy atom. The van der Waals surface area contributed by atoms with Crippen molar-refractivity contribution in [3.05, 3.63) is 59.2 Å². The summed E-state index contributed by atoms with van der Waals surface area (Å²) in [6.07, 6.45) is 1.14. The van der Waals surface area contributed by atoms with Crippen LogP contribution in [0.15, 0.2) is 40.3 Å². The first kappa shape index (κ1) is 16.9. The minimum Gasteiger partial charge on any atom is -0.272 e. The third kappa shape index (κ3) is 3.48. The molecule has 0 aliphatic carbocycles. The van der Waals surface area contributed by atoms with Gasteiger partial charge in [-0.1, -0.05) is 30.3 Å². The zero-order valence-corrected chi connectivity index (χ0v) is 12.0. The van der Waals surface area contributed by atoms with E-state index in [4.69, 9.17) is 0 Å². The van der Waals surface area contributed by atoms with Crippen LogP contribution in [-0.4, -0.2) is 14.6 Å². The molecule has 2 rings (SSSR count). The molecule has 0 amide bonds. The van der Waals surface area contributed by atoms with Gasteiger partial charge in [0, 0.05) is 0 Å². The Morgan fingerprint density at radius 1 is 0.957 bits per heavy atom. The predicted molar refractivity (Wildman–Crippen MR) is 75.3 cm³/mol. The molecule has 23 heavy (non-hydrogen) atoms. The summed E-state index contributed by atoms with van der Waals surface area (Å²) in [4.78, 5) is -1.88. The molecule has 0 saturated carbocycles. The number of hydrazone groups is 1. The molecule has 0 aromatic heterocycles. The van der Waals surface area contributed by atoms with Crippen molar-refractivity contribution in [1.29, 1.82) is 0 Å². The molecular weight excluding hydrogens is 338 g/mol. The van der Waals surface area contributed by atoms with E-state index in [9.17, 15) is 26.0 Å². The van der Waals surface area contributed by atoms with Crippen molar-refractivity contribution in [3.8, 4) is 0 Å². The molecule has 0 bridgehead atoms. The first-order valence-electron chi connectivity index (χ1n) is 5.96. The number of primary sulfonamides is 1. The molecule has 0 radical (unpaired) electrons. The highest BCUT2D eigenvalue weighted by Gasteiger charge is 2.31. The van der Waals surface area contributed by atoms with Crippen LogP contribution in [0.2, 0.25) is 0 Å². The van der Waals surface area contributed by atoms with Crippen LogP contribution in [-0.2, 0) is 10.0 Å². The van der Waals surface area contributed by atoms with Crippen molar-refractivity contribution < 1.29 is 26.0 Å². The molecule has 0 aliphatic rings. The van der Waals surface area contributed by atoms with Crippen LogP contribution in [0.3, 0.4) is 0 Å². The molecule has 2 aromatic carbocycles. The molecule has 0 fully saturated rings. The van der Waals surface area contributed by atoms with Gasteiger partial charge in [0.25, 0.3) is 0 Å². The summed E-state index contributed by atoms with van der Waals surface area (Å²) < 4.78 is 76.7. The van der Waals surface area contributed by atoms with Crippen molar-refractivity contribution in [2.75, 3.05) is 5.43 Å². The summed E-state index contributed by atoms with van der Waals surface area (Å²) in [7, 11) is -4.99. The van der Waals surface area contributed by atoms with E-state index in [0.717, 1.165) is 6.21 Å². The summed E-state index contributed by atoms with van der Waals surface area (Å²) in [6, 6.07) is 8.29. The van der Waals surface area contributed by atoms with E-state index in [1.54, 1.807) is 35.8 Å². The number of halogens is 4. The Bertz CT molecular complexity index is 842. The zero-order valence-electron chi connectivity index (χ0n) is 11.2. The van der Waals surface area contributed by atoms with Crippen LogP contribution >= 0.6 is 0 Å². The van der Waals surface area contributed by atoms with Gasteiger partial charge in [-0.15, -0.1) is 0 Å². The fourth-order valence-corrected chi connectivity index (χ4v) is 2.35. The van der Waals surface area contributed by atoms with Crippen LogP contribution in [0, 0.1) is 23.3 Å². The molecule has 0 unspecified atom stereocenters. The molecule has 3 N–H and O–H groups in total. The second-order valence-electron chi connectivity index (χ2n) is 4.29. The van der Waals surface area contributed by atoms with Gasteiger partial charge in [-0.3, -0.25) is 5.43 Å². The number of benzene rings is 2. The average Bonchev–Trinajstić information content (AvgIpc) is 2.48. The topological polar surface area (TPSA) is 84.5 Å². The number of hydrogen-bond acceptors (Lipinski definition) is 4. The molecule has 0 aliphatic heterocycles. The van der Waals surface area contributed by atoms with Crippen molar-refractivity contribution in [1.82, 2.24) is 0 Å². The zero-order chi connectivity index (χ0) is 17.2. The second-order valence-corrected chi connectivity index (χ2v) is 5.78. The first-order valence-corrected chi connectivity index (χ1v) is 7.51. The number of nitrogens with two attached hydrogens (primary N) is 1. The van der Waals surface area contributed by atoms with Gasteiger partial charge in [0.05, 0.1) is 6.21 Å². The maximum Gasteiger partial charge on any atom is 0.244 e. The van der Waals surface area contributed by atoms with E-state index < -0.39 is 43.9 Å². The number of nitrogens with zero attached hydrogens (tertiary/aromatic N) is 1. The second kappa shape index (κ2) is 6.34. The van der Waals surface area contributed by atoms with E-state index in [0.29, 0.717) is 5.56 Å². The number of nitrogens with one attached hydrogen (secondary N) is 1. The SMILES string of the molecule is NS(=O)(=O)c1c(F)c(F)c(N/N=C/c2ccccc2)c(F)c1F. The monoisotopic (exact) mass is 347 g/mol. The Balaban J connectivity index is 2.43. The lowest BCUT2D eigenvalue weighted by molar-refractivity contribution is 0.423. The van der Waals surface area contributed by atoms with Gasteiger partial charge in [-0.05, 0) is 5.56 Å². The van der Waals surface area contributed by atoms with E-state index in [1.165, 1.54) is 0 Å². The maximum absolute atomic E-state index is 13.7. The lowest BCUT2D eigenvalue weighted by atomic mass is 10.2.